The van der Waals surface area contributed by atoms with E-state index in [9.17, 15) is 0 Å². The smallest absolute Gasteiger partial charge is 0.0650 e. The zero-order chi connectivity index (χ0) is 14.7. The maximum Gasteiger partial charge on any atom is 0.0650 e. The summed E-state index contributed by atoms with van der Waals surface area (Å²) >= 11 is 0. The first-order chi connectivity index (χ1) is 9.62. The molecule has 2 rings (SSSR count). The molecule has 0 bridgehead atoms. The Kier molecular flexibility index (Phi) is 4.45. The van der Waals surface area contributed by atoms with Gasteiger partial charge in [-0.2, -0.15) is 5.10 Å². The number of nitrogens with two attached hydrogens (primary N) is 1. The van der Waals surface area contributed by atoms with Crippen LogP contribution in [-0.2, 0) is 6.54 Å². The Morgan fingerprint density at radius 2 is 1.70 bits per heavy atom. The van der Waals surface area contributed by atoms with E-state index >= 15 is 0 Å². The minimum Gasteiger partial charge on any atom is -0.372 e. The number of anilines is 1. The molecule has 1 aromatic carbocycles. The Morgan fingerprint density at radius 1 is 1.10 bits per heavy atom. The van der Waals surface area contributed by atoms with Crippen LogP contribution in [-0.4, -0.2) is 22.9 Å². The number of benzene rings is 1. The predicted molar refractivity (Wildman–Crippen MR) is 84.5 cm³/mol. The van der Waals surface area contributed by atoms with Crippen LogP contribution in [0.1, 0.15) is 30.8 Å². The molecule has 4 heteroatoms. The highest BCUT2D eigenvalue weighted by molar-refractivity contribution is 5.51. The summed E-state index contributed by atoms with van der Waals surface area (Å²) in [7, 11) is 0. The van der Waals surface area contributed by atoms with Crippen molar-refractivity contribution in [2.75, 3.05) is 18.0 Å². The third-order valence-corrected chi connectivity index (χ3v) is 3.87. The standard InChI is InChI=1S/C16H24N4/c1-5-19(6-2)14-7-9-15(10-8-14)20-13(4)16(11-17)12(3)18-20/h7-10H,5-6,11,17H2,1-4H3. The summed E-state index contributed by atoms with van der Waals surface area (Å²) in [6, 6.07) is 8.54. The summed E-state index contributed by atoms with van der Waals surface area (Å²) in [4.78, 5) is 2.33. The Balaban J connectivity index is 2.35. The molecule has 4 nitrogen and oxygen atoms in total. The second-order valence-electron chi connectivity index (χ2n) is 4.95. The van der Waals surface area contributed by atoms with Crippen LogP contribution in [0.4, 0.5) is 5.69 Å². The van der Waals surface area contributed by atoms with Crippen molar-refractivity contribution in [3.05, 3.63) is 41.2 Å². The molecule has 20 heavy (non-hydrogen) atoms. The summed E-state index contributed by atoms with van der Waals surface area (Å²) in [5.74, 6) is 0. The fraction of sp³-hybridized carbons (Fsp3) is 0.438. The maximum atomic E-state index is 5.78. The summed E-state index contributed by atoms with van der Waals surface area (Å²) in [5.41, 5.74) is 11.4. The first-order valence-corrected chi connectivity index (χ1v) is 7.22. The van der Waals surface area contributed by atoms with E-state index in [1.54, 1.807) is 0 Å². The van der Waals surface area contributed by atoms with Gasteiger partial charge in [-0.1, -0.05) is 0 Å². The van der Waals surface area contributed by atoms with Crippen LogP contribution < -0.4 is 10.6 Å². The molecule has 0 fully saturated rings. The highest BCUT2D eigenvalue weighted by Gasteiger charge is 2.11. The van der Waals surface area contributed by atoms with Crippen LogP contribution >= 0.6 is 0 Å². The number of aryl methyl sites for hydroxylation is 1. The van der Waals surface area contributed by atoms with Crippen LogP contribution in [0.15, 0.2) is 24.3 Å². The highest BCUT2D eigenvalue weighted by Crippen LogP contribution is 2.20. The maximum absolute atomic E-state index is 5.78. The molecule has 1 heterocycles. The topological polar surface area (TPSA) is 47.1 Å². The molecule has 2 aromatic rings. The van der Waals surface area contributed by atoms with Gasteiger partial charge in [-0.05, 0) is 52.0 Å². The number of nitrogens with zero attached hydrogens (tertiary/aromatic N) is 3. The second kappa shape index (κ2) is 6.09. The van der Waals surface area contributed by atoms with Crippen molar-refractivity contribution < 1.29 is 0 Å². The molecule has 0 atom stereocenters. The Labute approximate surface area is 121 Å². The molecule has 0 aliphatic rings. The van der Waals surface area contributed by atoms with Crippen molar-refractivity contribution >= 4 is 5.69 Å². The normalized spacial score (nSPS) is 10.8. The molecule has 0 amide bonds. The van der Waals surface area contributed by atoms with E-state index in [0.29, 0.717) is 6.54 Å². The van der Waals surface area contributed by atoms with Gasteiger partial charge in [-0.3, -0.25) is 0 Å². The van der Waals surface area contributed by atoms with E-state index in [4.69, 9.17) is 5.73 Å². The monoisotopic (exact) mass is 272 g/mol. The average Bonchev–Trinajstić information content (AvgIpc) is 2.75. The van der Waals surface area contributed by atoms with Gasteiger partial charge in [0.2, 0.25) is 0 Å². The first kappa shape index (κ1) is 14.6. The van der Waals surface area contributed by atoms with Gasteiger partial charge in [0, 0.05) is 36.6 Å². The van der Waals surface area contributed by atoms with Crippen molar-refractivity contribution in [2.24, 2.45) is 5.73 Å². The lowest BCUT2D eigenvalue weighted by Crippen LogP contribution is -2.21. The molecule has 2 N–H and O–H groups in total. The van der Waals surface area contributed by atoms with Gasteiger partial charge in [0.25, 0.3) is 0 Å². The second-order valence-corrected chi connectivity index (χ2v) is 4.95. The van der Waals surface area contributed by atoms with Gasteiger partial charge in [0.05, 0.1) is 11.4 Å². The van der Waals surface area contributed by atoms with E-state index in [-0.39, 0.29) is 0 Å². The zero-order valence-corrected chi connectivity index (χ0v) is 12.8. The van der Waals surface area contributed by atoms with Crippen molar-refractivity contribution in [2.45, 2.75) is 34.2 Å². The average molecular weight is 272 g/mol. The summed E-state index contributed by atoms with van der Waals surface area (Å²) in [6.45, 7) is 11.0. The highest BCUT2D eigenvalue weighted by atomic mass is 15.3. The molecular weight excluding hydrogens is 248 g/mol. The van der Waals surface area contributed by atoms with Crippen LogP contribution in [0.25, 0.3) is 5.69 Å². The zero-order valence-electron chi connectivity index (χ0n) is 12.8. The third-order valence-electron chi connectivity index (χ3n) is 3.87. The third kappa shape index (κ3) is 2.56. The molecule has 0 spiro atoms. The molecule has 108 valence electrons. The lowest BCUT2D eigenvalue weighted by atomic mass is 10.2. The lowest BCUT2D eigenvalue weighted by Gasteiger charge is -2.21. The van der Waals surface area contributed by atoms with E-state index in [2.05, 4.69) is 55.0 Å². The summed E-state index contributed by atoms with van der Waals surface area (Å²) < 4.78 is 1.98. The molecule has 0 aliphatic heterocycles. The SMILES string of the molecule is CCN(CC)c1ccc(-n2nc(C)c(CN)c2C)cc1. The molecule has 0 saturated carbocycles. The fourth-order valence-corrected chi connectivity index (χ4v) is 2.62. The van der Waals surface area contributed by atoms with Crippen molar-refractivity contribution in [3.63, 3.8) is 0 Å². The van der Waals surface area contributed by atoms with Crippen LogP contribution in [0.2, 0.25) is 0 Å². The van der Waals surface area contributed by atoms with Crippen molar-refractivity contribution in [3.8, 4) is 5.69 Å². The van der Waals surface area contributed by atoms with Gasteiger partial charge < -0.3 is 10.6 Å². The number of hydrogen-bond donors (Lipinski definition) is 1. The Hall–Kier alpha value is -1.81. The largest absolute Gasteiger partial charge is 0.372 e. The van der Waals surface area contributed by atoms with Gasteiger partial charge >= 0.3 is 0 Å². The van der Waals surface area contributed by atoms with Crippen LogP contribution in [0, 0.1) is 13.8 Å². The molecule has 0 saturated heterocycles. The number of hydrogen-bond acceptors (Lipinski definition) is 3. The predicted octanol–water partition coefficient (Wildman–Crippen LogP) is 2.79. The first-order valence-electron chi connectivity index (χ1n) is 7.22. The number of rotatable bonds is 5. The summed E-state index contributed by atoms with van der Waals surface area (Å²) in [6.07, 6.45) is 0. The lowest BCUT2D eigenvalue weighted by molar-refractivity contribution is 0.829. The van der Waals surface area contributed by atoms with Crippen LogP contribution in [0.3, 0.4) is 0 Å². The molecule has 0 radical (unpaired) electrons. The quantitative estimate of drug-likeness (QED) is 0.910. The van der Waals surface area contributed by atoms with E-state index in [1.165, 1.54) is 5.69 Å². The van der Waals surface area contributed by atoms with Crippen molar-refractivity contribution in [1.29, 1.82) is 0 Å². The Bertz CT molecular complexity index is 565. The van der Waals surface area contributed by atoms with Gasteiger partial charge in [0.15, 0.2) is 0 Å². The van der Waals surface area contributed by atoms with Crippen molar-refractivity contribution in [1.82, 2.24) is 9.78 Å². The molecule has 0 aliphatic carbocycles. The molecule has 1 aromatic heterocycles. The van der Waals surface area contributed by atoms with Crippen LogP contribution in [0.5, 0.6) is 0 Å². The number of aromatic nitrogens is 2. The van der Waals surface area contributed by atoms with Gasteiger partial charge in [0.1, 0.15) is 0 Å². The van der Waals surface area contributed by atoms with E-state index in [0.717, 1.165) is 35.7 Å². The fourth-order valence-electron chi connectivity index (χ4n) is 2.62. The summed E-state index contributed by atoms with van der Waals surface area (Å²) in [5, 5.41) is 4.59. The van der Waals surface area contributed by atoms with E-state index < -0.39 is 0 Å². The van der Waals surface area contributed by atoms with Gasteiger partial charge in [-0.25, -0.2) is 4.68 Å². The molecular formula is C16H24N4. The minimum atomic E-state index is 0.537. The van der Waals surface area contributed by atoms with E-state index in [1.807, 2.05) is 11.6 Å². The Morgan fingerprint density at radius 3 is 2.15 bits per heavy atom. The van der Waals surface area contributed by atoms with Gasteiger partial charge in [-0.15, -0.1) is 0 Å². The molecule has 0 unspecified atom stereocenters. The minimum absolute atomic E-state index is 0.537.